The van der Waals surface area contributed by atoms with Gasteiger partial charge in [-0.1, -0.05) is 18.2 Å². The monoisotopic (exact) mass is 199 g/mol. The molecule has 1 heterocycles. The number of pyridine rings is 1. The van der Waals surface area contributed by atoms with Gasteiger partial charge in [0, 0.05) is 17.0 Å². The summed E-state index contributed by atoms with van der Waals surface area (Å²) < 4.78 is 5.33. The Morgan fingerprint density at radius 2 is 2.07 bits per heavy atom. The molecule has 1 aliphatic rings. The maximum Gasteiger partial charge on any atom is 0.221 e. The van der Waals surface area contributed by atoms with Crippen LogP contribution in [-0.4, -0.2) is 12.1 Å². The molecule has 1 aliphatic carbocycles. The van der Waals surface area contributed by atoms with Gasteiger partial charge in [0.05, 0.1) is 7.11 Å². The van der Waals surface area contributed by atoms with Gasteiger partial charge in [0.15, 0.2) is 0 Å². The number of hydrogen-bond donors (Lipinski definition) is 0. The second kappa shape index (κ2) is 3.23. The Balaban J connectivity index is 2.25. The highest BCUT2D eigenvalue weighted by Gasteiger charge is 2.26. The quantitative estimate of drug-likeness (QED) is 0.741. The molecule has 3 rings (SSSR count). The zero-order chi connectivity index (χ0) is 10.3. The summed E-state index contributed by atoms with van der Waals surface area (Å²) in [4.78, 5) is 4.56. The number of aromatic nitrogens is 1. The molecular formula is C13H13NO. The molecule has 0 N–H and O–H groups in total. The average molecular weight is 199 g/mol. The van der Waals surface area contributed by atoms with Gasteiger partial charge in [0.2, 0.25) is 5.88 Å². The third-order valence-corrected chi connectivity index (χ3v) is 2.91. The van der Waals surface area contributed by atoms with Crippen LogP contribution in [0.1, 0.15) is 24.5 Å². The van der Waals surface area contributed by atoms with Gasteiger partial charge in [-0.2, -0.15) is 0 Å². The third-order valence-electron chi connectivity index (χ3n) is 2.91. The molecule has 1 aromatic carbocycles. The van der Waals surface area contributed by atoms with Crippen molar-refractivity contribution in [3.8, 4) is 5.88 Å². The largest absolute Gasteiger partial charge is 0.481 e. The zero-order valence-corrected chi connectivity index (χ0v) is 8.73. The van der Waals surface area contributed by atoms with Crippen LogP contribution in [0.4, 0.5) is 0 Å². The van der Waals surface area contributed by atoms with E-state index in [0.29, 0.717) is 5.92 Å². The molecule has 15 heavy (non-hydrogen) atoms. The summed E-state index contributed by atoms with van der Waals surface area (Å²) in [5, 5.41) is 2.33. The van der Waals surface area contributed by atoms with E-state index in [4.69, 9.17) is 4.74 Å². The van der Waals surface area contributed by atoms with E-state index in [-0.39, 0.29) is 0 Å². The van der Waals surface area contributed by atoms with Gasteiger partial charge < -0.3 is 4.74 Å². The molecule has 0 radical (unpaired) electrons. The van der Waals surface area contributed by atoms with Crippen LogP contribution in [0.5, 0.6) is 5.88 Å². The highest BCUT2D eigenvalue weighted by atomic mass is 16.5. The van der Waals surface area contributed by atoms with Crippen LogP contribution in [0.3, 0.4) is 0 Å². The second-order valence-electron chi connectivity index (χ2n) is 4.05. The van der Waals surface area contributed by atoms with Crippen molar-refractivity contribution in [3.05, 3.63) is 36.0 Å². The van der Waals surface area contributed by atoms with Crippen molar-refractivity contribution in [2.24, 2.45) is 0 Å². The predicted octanol–water partition coefficient (Wildman–Crippen LogP) is 3.12. The van der Waals surface area contributed by atoms with E-state index in [1.165, 1.54) is 23.9 Å². The molecule has 76 valence electrons. The van der Waals surface area contributed by atoms with Crippen molar-refractivity contribution in [2.45, 2.75) is 18.8 Å². The normalized spacial score (nSPS) is 15.5. The molecule has 0 spiro atoms. The fraction of sp³-hybridized carbons (Fsp3) is 0.308. The molecule has 0 bridgehead atoms. The van der Waals surface area contributed by atoms with Crippen molar-refractivity contribution >= 4 is 10.8 Å². The van der Waals surface area contributed by atoms with E-state index >= 15 is 0 Å². The number of rotatable bonds is 2. The van der Waals surface area contributed by atoms with Crippen LogP contribution in [-0.2, 0) is 0 Å². The average Bonchev–Trinajstić information content (AvgIpc) is 3.11. The highest BCUT2D eigenvalue weighted by Crippen LogP contribution is 2.41. The molecule has 1 saturated carbocycles. The summed E-state index contributed by atoms with van der Waals surface area (Å²) in [5.74, 6) is 1.43. The van der Waals surface area contributed by atoms with Crippen molar-refractivity contribution in [2.75, 3.05) is 7.11 Å². The molecule has 2 aromatic rings. The Kier molecular flexibility index (Phi) is 1.88. The molecule has 2 nitrogen and oxygen atoms in total. The van der Waals surface area contributed by atoms with E-state index in [1.54, 1.807) is 7.11 Å². The van der Waals surface area contributed by atoms with Crippen LogP contribution in [0.2, 0.25) is 0 Å². The Bertz CT molecular complexity index is 503. The summed E-state index contributed by atoms with van der Waals surface area (Å²) in [6.07, 6.45) is 2.54. The van der Waals surface area contributed by atoms with Crippen molar-refractivity contribution in [1.29, 1.82) is 0 Å². The van der Waals surface area contributed by atoms with Crippen molar-refractivity contribution in [3.63, 3.8) is 0 Å². The molecule has 0 unspecified atom stereocenters. The minimum Gasteiger partial charge on any atom is -0.481 e. The van der Waals surface area contributed by atoms with Crippen LogP contribution >= 0.6 is 0 Å². The molecule has 2 heteroatoms. The maximum absolute atomic E-state index is 5.33. The number of ether oxygens (including phenoxy) is 1. The first kappa shape index (κ1) is 8.72. The van der Waals surface area contributed by atoms with Gasteiger partial charge >= 0.3 is 0 Å². The fourth-order valence-electron chi connectivity index (χ4n) is 1.93. The Hall–Kier alpha value is -1.57. The Labute approximate surface area is 88.9 Å². The third kappa shape index (κ3) is 1.46. The Morgan fingerprint density at radius 3 is 2.80 bits per heavy atom. The lowest BCUT2D eigenvalue weighted by molar-refractivity contribution is 0.402. The molecule has 1 aromatic heterocycles. The van der Waals surface area contributed by atoms with E-state index in [1.807, 2.05) is 6.07 Å². The summed E-state index contributed by atoms with van der Waals surface area (Å²) >= 11 is 0. The first-order chi connectivity index (χ1) is 7.38. The van der Waals surface area contributed by atoms with Gasteiger partial charge in [0.25, 0.3) is 0 Å². The summed E-state index contributed by atoms with van der Waals surface area (Å²) in [5.41, 5.74) is 1.19. The number of methoxy groups -OCH3 is 1. The van der Waals surface area contributed by atoms with Crippen LogP contribution in [0.15, 0.2) is 30.3 Å². The number of benzene rings is 1. The molecular weight excluding hydrogens is 186 g/mol. The lowest BCUT2D eigenvalue weighted by atomic mass is 10.1. The molecule has 0 saturated heterocycles. The smallest absolute Gasteiger partial charge is 0.221 e. The zero-order valence-electron chi connectivity index (χ0n) is 8.73. The summed E-state index contributed by atoms with van der Waals surface area (Å²) in [6, 6.07) is 10.4. The first-order valence-electron chi connectivity index (χ1n) is 5.32. The van der Waals surface area contributed by atoms with E-state index in [2.05, 4.69) is 29.2 Å². The van der Waals surface area contributed by atoms with E-state index in [9.17, 15) is 0 Å². The molecule has 0 aliphatic heterocycles. The SMILES string of the molecule is COc1nc(C2CC2)cc2ccccc12. The summed E-state index contributed by atoms with van der Waals surface area (Å²) in [6.45, 7) is 0. The van der Waals surface area contributed by atoms with Crippen molar-refractivity contribution in [1.82, 2.24) is 4.98 Å². The van der Waals surface area contributed by atoms with E-state index < -0.39 is 0 Å². The first-order valence-corrected chi connectivity index (χ1v) is 5.32. The molecule has 0 amide bonds. The number of hydrogen-bond acceptors (Lipinski definition) is 2. The minimum absolute atomic E-state index is 0.670. The predicted molar refractivity (Wildman–Crippen MR) is 60.3 cm³/mol. The highest BCUT2D eigenvalue weighted by molar-refractivity contribution is 5.87. The summed E-state index contributed by atoms with van der Waals surface area (Å²) in [7, 11) is 1.69. The van der Waals surface area contributed by atoms with E-state index in [0.717, 1.165) is 11.3 Å². The fourth-order valence-corrected chi connectivity index (χ4v) is 1.93. The maximum atomic E-state index is 5.33. The Morgan fingerprint density at radius 1 is 1.27 bits per heavy atom. The van der Waals surface area contributed by atoms with Gasteiger partial charge in [-0.25, -0.2) is 4.98 Å². The van der Waals surface area contributed by atoms with Gasteiger partial charge in [-0.05, 0) is 30.4 Å². The lowest BCUT2D eigenvalue weighted by Crippen LogP contribution is -1.93. The standard InChI is InChI=1S/C13H13NO/c1-15-13-11-5-3-2-4-10(11)8-12(14-13)9-6-7-9/h2-5,8-9H,6-7H2,1H3. The molecule has 1 fully saturated rings. The number of fused-ring (bicyclic) bond motifs is 1. The minimum atomic E-state index is 0.670. The van der Waals surface area contributed by atoms with Crippen LogP contribution in [0, 0.1) is 0 Å². The lowest BCUT2D eigenvalue weighted by Gasteiger charge is -2.07. The van der Waals surface area contributed by atoms with Crippen molar-refractivity contribution < 1.29 is 4.74 Å². The van der Waals surface area contributed by atoms with Crippen LogP contribution < -0.4 is 4.74 Å². The van der Waals surface area contributed by atoms with Crippen LogP contribution in [0.25, 0.3) is 10.8 Å². The topological polar surface area (TPSA) is 22.1 Å². The number of nitrogens with zero attached hydrogens (tertiary/aromatic N) is 1. The van der Waals surface area contributed by atoms with Gasteiger partial charge in [0.1, 0.15) is 0 Å². The van der Waals surface area contributed by atoms with Gasteiger partial charge in [-0.15, -0.1) is 0 Å². The second-order valence-corrected chi connectivity index (χ2v) is 4.05. The molecule has 0 atom stereocenters. The van der Waals surface area contributed by atoms with Gasteiger partial charge in [-0.3, -0.25) is 0 Å².